The van der Waals surface area contributed by atoms with Gasteiger partial charge in [0.2, 0.25) is 0 Å². The van der Waals surface area contributed by atoms with Crippen LogP contribution in [0.1, 0.15) is 11.1 Å². The van der Waals surface area contributed by atoms with Crippen LogP contribution in [0.4, 0.5) is 5.69 Å². The monoisotopic (exact) mass is 502 g/mol. The average Bonchev–Trinajstić information content (AvgIpc) is 2.97. The molecule has 0 aromatic heterocycles. The third-order valence-corrected chi connectivity index (χ3v) is 7.01. The first-order valence-electron chi connectivity index (χ1n) is 10.3. The Hall–Kier alpha value is -3.43. The van der Waals surface area contributed by atoms with Gasteiger partial charge in [0.05, 0.1) is 19.1 Å². The lowest BCUT2D eigenvalue weighted by Crippen LogP contribution is -2.32. The van der Waals surface area contributed by atoms with E-state index in [1.165, 1.54) is 24.3 Å². The van der Waals surface area contributed by atoms with Gasteiger partial charge < -0.3 is 19.1 Å². The quantitative estimate of drug-likeness (QED) is 0.523. The summed E-state index contributed by atoms with van der Waals surface area (Å²) in [5.41, 5.74) is 1.84. The van der Waals surface area contributed by atoms with E-state index in [0.29, 0.717) is 33.5 Å². The Morgan fingerprint density at radius 1 is 1.03 bits per heavy atom. The SMILES string of the molecule is COc1ccc(CN2Cc3cc(NS(=O)(=O)c4ccc(Cl)cc4)ccc3OCC2=O)c(OC)c1. The molecule has 0 fully saturated rings. The van der Waals surface area contributed by atoms with E-state index in [4.69, 9.17) is 25.8 Å². The molecule has 4 rings (SSSR count). The van der Waals surface area contributed by atoms with Crippen LogP contribution >= 0.6 is 11.6 Å². The summed E-state index contributed by atoms with van der Waals surface area (Å²) < 4.78 is 44.4. The third kappa shape index (κ3) is 5.21. The highest BCUT2D eigenvalue weighted by atomic mass is 35.5. The van der Waals surface area contributed by atoms with E-state index in [9.17, 15) is 13.2 Å². The number of nitrogens with one attached hydrogen (secondary N) is 1. The summed E-state index contributed by atoms with van der Waals surface area (Å²) in [5, 5.41) is 0.444. The summed E-state index contributed by atoms with van der Waals surface area (Å²) in [6.07, 6.45) is 0. The molecule has 178 valence electrons. The number of amides is 1. The van der Waals surface area contributed by atoms with Gasteiger partial charge in [-0.15, -0.1) is 0 Å². The summed E-state index contributed by atoms with van der Waals surface area (Å²) in [6, 6.07) is 16.2. The second-order valence-corrected chi connectivity index (χ2v) is 9.72. The molecular formula is C24H23ClN2O6S. The number of rotatable bonds is 7. The van der Waals surface area contributed by atoms with Crippen molar-refractivity contribution in [1.82, 2.24) is 4.90 Å². The van der Waals surface area contributed by atoms with Crippen molar-refractivity contribution in [2.45, 2.75) is 18.0 Å². The van der Waals surface area contributed by atoms with E-state index in [0.717, 1.165) is 5.56 Å². The molecule has 0 saturated heterocycles. The van der Waals surface area contributed by atoms with Crippen LogP contribution in [-0.4, -0.2) is 40.1 Å². The lowest BCUT2D eigenvalue weighted by Gasteiger charge is -2.22. The molecule has 1 N–H and O–H groups in total. The lowest BCUT2D eigenvalue weighted by molar-refractivity contribution is -0.133. The average molecular weight is 503 g/mol. The number of hydrogen-bond acceptors (Lipinski definition) is 6. The van der Waals surface area contributed by atoms with Gasteiger partial charge in [-0.05, 0) is 54.6 Å². The summed E-state index contributed by atoms with van der Waals surface area (Å²) in [4.78, 5) is 14.5. The van der Waals surface area contributed by atoms with Gasteiger partial charge in [0, 0.05) is 41.0 Å². The number of ether oxygens (including phenoxy) is 3. The smallest absolute Gasteiger partial charge is 0.261 e. The first-order chi connectivity index (χ1) is 16.3. The number of halogens is 1. The zero-order chi connectivity index (χ0) is 24.3. The van der Waals surface area contributed by atoms with Crippen LogP contribution in [0.25, 0.3) is 0 Å². The number of carbonyl (C=O) groups is 1. The summed E-state index contributed by atoms with van der Waals surface area (Å²) in [7, 11) is -0.688. The molecule has 3 aromatic rings. The van der Waals surface area contributed by atoms with E-state index in [-0.39, 0.29) is 30.5 Å². The van der Waals surface area contributed by atoms with Crippen molar-refractivity contribution in [2.24, 2.45) is 0 Å². The minimum absolute atomic E-state index is 0.0893. The number of hydrogen-bond donors (Lipinski definition) is 1. The van der Waals surface area contributed by atoms with Crippen LogP contribution in [0.15, 0.2) is 65.6 Å². The van der Waals surface area contributed by atoms with Crippen molar-refractivity contribution in [1.29, 1.82) is 0 Å². The topological polar surface area (TPSA) is 94.2 Å². The molecule has 3 aromatic carbocycles. The van der Waals surface area contributed by atoms with Gasteiger partial charge in [-0.1, -0.05) is 11.6 Å². The van der Waals surface area contributed by atoms with Crippen molar-refractivity contribution < 1.29 is 27.4 Å². The largest absolute Gasteiger partial charge is 0.497 e. The molecule has 0 spiro atoms. The first-order valence-corrected chi connectivity index (χ1v) is 12.2. The van der Waals surface area contributed by atoms with Crippen LogP contribution < -0.4 is 18.9 Å². The van der Waals surface area contributed by atoms with E-state index >= 15 is 0 Å². The summed E-state index contributed by atoms with van der Waals surface area (Å²) >= 11 is 5.86. The van der Waals surface area contributed by atoms with Crippen molar-refractivity contribution in [3.8, 4) is 17.2 Å². The normalized spacial score (nSPS) is 13.5. The molecule has 1 aliphatic rings. The molecule has 0 aliphatic carbocycles. The number of anilines is 1. The van der Waals surface area contributed by atoms with Crippen molar-refractivity contribution in [3.63, 3.8) is 0 Å². The van der Waals surface area contributed by atoms with E-state index < -0.39 is 10.0 Å². The van der Waals surface area contributed by atoms with Crippen LogP contribution in [0.3, 0.4) is 0 Å². The Kier molecular flexibility index (Phi) is 6.85. The molecule has 34 heavy (non-hydrogen) atoms. The number of methoxy groups -OCH3 is 2. The fourth-order valence-corrected chi connectivity index (χ4v) is 4.77. The number of sulfonamides is 1. The van der Waals surface area contributed by atoms with E-state index in [2.05, 4.69) is 4.72 Å². The number of nitrogens with zero attached hydrogens (tertiary/aromatic N) is 1. The van der Waals surface area contributed by atoms with Crippen molar-refractivity contribution in [2.75, 3.05) is 25.5 Å². The van der Waals surface area contributed by atoms with Crippen LogP contribution in [-0.2, 0) is 27.9 Å². The minimum atomic E-state index is -3.81. The van der Waals surface area contributed by atoms with Gasteiger partial charge in [0.15, 0.2) is 6.61 Å². The molecule has 1 heterocycles. The molecular weight excluding hydrogens is 480 g/mol. The van der Waals surface area contributed by atoms with Gasteiger partial charge in [0.1, 0.15) is 17.2 Å². The minimum Gasteiger partial charge on any atom is -0.497 e. The maximum absolute atomic E-state index is 12.8. The standard InChI is InChI=1S/C24H23ClN2O6S/c1-31-20-7-3-16(23(12-20)32-2)13-27-14-17-11-19(6-10-22(17)33-15-24(27)28)26-34(29,30)21-8-4-18(25)5-9-21/h3-12,26H,13-15H2,1-2H3. The molecule has 0 saturated carbocycles. The Morgan fingerprint density at radius 3 is 2.50 bits per heavy atom. The fourth-order valence-electron chi connectivity index (χ4n) is 3.59. The van der Waals surface area contributed by atoms with E-state index in [1.54, 1.807) is 49.5 Å². The summed E-state index contributed by atoms with van der Waals surface area (Å²) in [6.45, 7) is 0.400. The van der Waals surface area contributed by atoms with Gasteiger partial charge in [-0.25, -0.2) is 8.42 Å². The second-order valence-electron chi connectivity index (χ2n) is 7.60. The van der Waals surface area contributed by atoms with Gasteiger partial charge >= 0.3 is 0 Å². The highest BCUT2D eigenvalue weighted by Gasteiger charge is 2.24. The predicted octanol–water partition coefficient (Wildman–Crippen LogP) is 4.08. The van der Waals surface area contributed by atoms with Crippen molar-refractivity contribution >= 4 is 33.2 Å². The Labute approximate surface area is 203 Å². The number of benzene rings is 3. The number of fused-ring (bicyclic) bond motifs is 1. The molecule has 0 bridgehead atoms. The highest BCUT2D eigenvalue weighted by Crippen LogP contribution is 2.31. The maximum Gasteiger partial charge on any atom is 0.261 e. The summed E-state index contributed by atoms with van der Waals surface area (Å²) in [5.74, 6) is 1.57. The molecule has 0 atom stereocenters. The maximum atomic E-state index is 12.8. The zero-order valence-corrected chi connectivity index (χ0v) is 20.2. The van der Waals surface area contributed by atoms with Gasteiger partial charge in [-0.3, -0.25) is 9.52 Å². The third-order valence-electron chi connectivity index (χ3n) is 5.36. The lowest BCUT2D eigenvalue weighted by atomic mass is 10.1. The van der Waals surface area contributed by atoms with Gasteiger partial charge in [0.25, 0.3) is 15.9 Å². The first kappa shape index (κ1) is 23.7. The van der Waals surface area contributed by atoms with Crippen molar-refractivity contribution in [3.05, 3.63) is 76.8 Å². The van der Waals surface area contributed by atoms with Crippen LogP contribution in [0.2, 0.25) is 5.02 Å². The molecule has 1 amide bonds. The Morgan fingerprint density at radius 2 is 1.79 bits per heavy atom. The van der Waals surface area contributed by atoms with Crippen LogP contribution in [0.5, 0.6) is 17.2 Å². The zero-order valence-electron chi connectivity index (χ0n) is 18.6. The molecule has 8 nitrogen and oxygen atoms in total. The Bertz CT molecular complexity index is 1310. The van der Waals surface area contributed by atoms with Crippen LogP contribution in [0, 0.1) is 0 Å². The molecule has 0 unspecified atom stereocenters. The fraction of sp³-hybridized carbons (Fsp3) is 0.208. The van der Waals surface area contributed by atoms with Gasteiger partial charge in [-0.2, -0.15) is 0 Å². The number of carbonyl (C=O) groups excluding carboxylic acids is 1. The molecule has 10 heteroatoms. The Balaban J connectivity index is 1.58. The second kappa shape index (κ2) is 9.82. The predicted molar refractivity (Wildman–Crippen MR) is 128 cm³/mol. The highest BCUT2D eigenvalue weighted by molar-refractivity contribution is 7.92. The molecule has 0 radical (unpaired) electrons. The van der Waals surface area contributed by atoms with E-state index in [1.807, 2.05) is 6.07 Å². The molecule has 1 aliphatic heterocycles.